The predicted octanol–water partition coefficient (Wildman–Crippen LogP) is 0.512. The first-order valence-corrected chi connectivity index (χ1v) is 8.73. The summed E-state index contributed by atoms with van der Waals surface area (Å²) in [4.78, 5) is 23.3. The minimum Gasteiger partial charge on any atom is -0.345 e. The number of piperidine rings is 1. The summed E-state index contributed by atoms with van der Waals surface area (Å²) >= 11 is 0. The molecule has 2 rings (SSSR count). The standard InChI is InChI=1S/C14H20FN3O4S/c1-9-6-18(10(2)20)5-4-11(9)16-23(21,22)13-7-17(3)12(8-19)14(13)15/h7-9,11,16H,4-6H2,1-3H3. The van der Waals surface area contributed by atoms with Crippen molar-refractivity contribution in [2.45, 2.75) is 31.2 Å². The Balaban J connectivity index is 2.19. The summed E-state index contributed by atoms with van der Waals surface area (Å²) in [5.41, 5.74) is -0.315. The smallest absolute Gasteiger partial charge is 0.245 e. The maximum absolute atomic E-state index is 14.1. The number of rotatable bonds is 4. The van der Waals surface area contributed by atoms with E-state index in [-0.39, 0.29) is 23.8 Å². The summed E-state index contributed by atoms with van der Waals surface area (Å²) in [7, 11) is -2.68. The average Bonchev–Trinajstić information content (AvgIpc) is 2.76. The molecular weight excluding hydrogens is 325 g/mol. The summed E-state index contributed by atoms with van der Waals surface area (Å²) in [6.45, 7) is 4.20. The van der Waals surface area contributed by atoms with Gasteiger partial charge in [-0.25, -0.2) is 17.5 Å². The number of amides is 1. The number of carbonyl (C=O) groups excluding carboxylic acids is 2. The highest BCUT2D eigenvalue weighted by Gasteiger charge is 2.33. The molecule has 2 heterocycles. The van der Waals surface area contributed by atoms with Crippen molar-refractivity contribution >= 4 is 22.2 Å². The van der Waals surface area contributed by atoms with E-state index in [4.69, 9.17) is 0 Å². The molecule has 0 bridgehead atoms. The second-order valence-electron chi connectivity index (χ2n) is 5.88. The van der Waals surface area contributed by atoms with Crippen LogP contribution in [0, 0.1) is 11.7 Å². The normalized spacial score (nSPS) is 22.2. The Kier molecular flexibility index (Phi) is 4.90. The van der Waals surface area contributed by atoms with Gasteiger partial charge in [-0.3, -0.25) is 9.59 Å². The molecule has 23 heavy (non-hydrogen) atoms. The number of nitrogens with one attached hydrogen (secondary N) is 1. The number of nitrogens with zero attached hydrogens (tertiary/aromatic N) is 2. The lowest BCUT2D eigenvalue weighted by Crippen LogP contribution is -2.51. The third-order valence-electron chi connectivity index (χ3n) is 4.19. The molecule has 1 aliphatic rings. The number of carbonyl (C=O) groups is 2. The number of aldehydes is 1. The maximum atomic E-state index is 14.1. The van der Waals surface area contributed by atoms with E-state index in [1.165, 1.54) is 14.0 Å². The summed E-state index contributed by atoms with van der Waals surface area (Å²) in [6, 6.07) is -0.394. The molecule has 0 saturated carbocycles. The number of hydrogen-bond acceptors (Lipinski definition) is 4. The van der Waals surface area contributed by atoms with Crippen molar-refractivity contribution in [1.82, 2.24) is 14.2 Å². The van der Waals surface area contributed by atoms with Gasteiger partial charge in [-0.1, -0.05) is 6.92 Å². The van der Waals surface area contributed by atoms with E-state index in [0.29, 0.717) is 19.5 Å². The van der Waals surface area contributed by atoms with Crippen LogP contribution in [-0.2, 0) is 21.9 Å². The van der Waals surface area contributed by atoms with E-state index in [9.17, 15) is 22.4 Å². The molecule has 0 spiro atoms. The van der Waals surface area contributed by atoms with E-state index in [2.05, 4.69) is 4.72 Å². The third-order valence-corrected chi connectivity index (χ3v) is 5.67. The minimum atomic E-state index is -4.08. The Morgan fingerprint density at radius 1 is 1.48 bits per heavy atom. The fraction of sp³-hybridized carbons (Fsp3) is 0.571. The molecule has 1 aromatic heterocycles. The topological polar surface area (TPSA) is 88.5 Å². The number of aromatic nitrogens is 1. The van der Waals surface area contributed by atoms with Gasteiger partial charge in [0.1, 0.15) is 10.6 Å². The highest BCUT2D eigenvalue weighted by molar-refractivity contribution is 7.89. The van der Waals surface area contributed by atoms with Crippen LogP contribution in [-0.4, -0.2) is 49.2 Å². The zero-order valence-electron chi connectivity index (χ0n) is 13.2. The van der Waals surface area contributed by atoms with Gasteiger partial charge in [-0.2, -0.15) is 0 Å². The molecule has 1 amide bonds. The Morgan fingerprint density at radius 3 is 2.61 bits per heavy atom. The predicted molar refractivity (Wildman–Crippen MR) is 80.9 cm³/mol. The molecule has 0 aromatic carbocycles. The Bertz CT molecular complexity index is 729. The zero-order chi connectivity index (χ0) is 17.4. The van der Waals surface area contributed by atoms with Gasteiger partial charge in [0.2, 0.25) is 15.9 Å². The first-order chi connectivity index (χ1) is 10.7. The van der Waals surface area contributed by atoms with Crippen molar-refractivity contribution in [2.24, 2.45) is 13.0 Å². The number of sulfonamides is 1. The Morgan fingerprint density at radius 2 is 2.13 bits per heavy atom. The second kappa shape index (κ2) is 6.40. The van der Waals surface area contributed by atoms with Gasteiger partial charge in [0.15, 0.2) is 12.1 Å². The van der Waals surface area contributed by atoms with Crippen molar-refractivity contribution in [2.75, 3.05) is 13.1 Å². The number of likely N-dealkylation sites (tertiary alicyclic amines) is 1. The second-order valence-corrected chi connectivity index (χ2v) is 7.56. The van der Waals surface area contributed by atoms with Gasteiger partial charge in [-0.05, 0) is 12.3 Å². The summed E-state index contributed by atoms with van der Waals surface area (Å²) in [6.07, 6.45) is 1.81. The number of aryl methyl sites for hydroxylation is 1. The van der Waals surface area contributed by atoms with Crippen LogP contribution < -0.4 is 4.72 Å². The first kappa shape index (κ1) is 17.6. The van der Waals surface area contributed by atoms with Crippen LogP contribution in [0.15, 0.2) is 11.1 Å². The van der Waals surface area contributed by atoms with Crippen molar-refractivity contribution in [3.8, 4) is 0 Å². The van der Waals surface area contributed by atoms with Gasteiger partial charge in [0.05, 0.1) is 0 Å². The van der Waals surface area contributed by atoms with Gasteiger partial charge in [-0.15, -0.1) is 0 Å². The summed E-state index contributed by atoms with van der Waals surface area (Å²) in [5, 5.41) is 0. The fourth-order valence-electron chi connectivity index (χ4n) is 2.77. The van der Waals surface area contributed by atoms with Crippen LogP contribution >= 0.6 is 0 Å². The fourth-order valence-corrected chi connectivity index (χ4v) is 4.29. The average molecular weight is 345 g/mol. The first-order valence-electron chi connectivity index (χ1n) is 7.25. The van der Waals surface area contributed by atoms with Crippen molar-refractivity contribution in [3.63, 3.8) is 0 Å². The largest absolute Gasteiger partial charge is 0.345 e. The van der Waals surface area contributed by atoms with E-state index in [1.807, 2.05) is 6.92 Å². The number of halogens is 1. The Hall–Kier alpha value is -1.74. The Labute approximate surface area is 134 Å². The molecule has 2 unspecified atom stereocenters. The van der Waals surface area contributed by atoms with Crippen molar-refractivity contribution in [3.05, 3.63) is 17.7 Å². The molecule has 0 radical (unpaired) electrons. The minimum absolute atomic E-state index is 0.0529. The van der Waals surface area contributed by atoms with Crippen molar-refractivity contribution in [1.29, 1.82) is 0 Å². The van der Waals surface area contributed by atoms with Crippen molar-refractivity contribution < 1.29 is 22.4 Å². The van der Waals surface area contributed by atoms with Crippen LogP contribution in [0.3, 0.4) is 0 Å². The van der Waals surface area contributed by atoms with Gasteiger partial charge >= 0.3 is 0 Å². The zero-order valence-corrected chi connectivity index (χ0v) is 14.1. The van der Waals surface area contributed by atoms with Crippen LogP contribution in [0.1, 0.15) is 30.8 Å². The third kappa shape index (κ3) is 3.45. The van der Waals surface area contributed by atoms with Gasteiger partial charge in [0, 0.05) is 39.3 Å². The summed E-state index contributed by atoms with van der Waals surface area (Å²) < 4.78 is 42.5. The van der Waals surface area contributed by atoms with Gasteiger partial charge in [0.25, 0.3) is 0 Å². The molecular formula is C14H20FN3O4S. The lowest BCUT2D eigenvalue weighted by atomic mass is 9.95. The molecule has 2 atom stereocenters. The lowest BCUT2D eigenvalue weighted by Gasteiger charge is -2.36. The SMILES string of the molecule is CC(=O)N1CCC(NS(=O)(=O)c2cn(C)c(C=O)c2F)C(C)C1. The molecule has 1 saturated heterocycles. The van der Waals surface area contributed by atoms with E-state index >= 15 is 0 Å². The molecule has 1 aromatic rings. The highest BCUT2D eigenvalue weighted by atomic mass is 32.2. The van der Waals surface area contributed by atoms with Crippen LogP contribution in [0.25, 0.3) is 0 Å². The van der Waals surface area contributed by atoms with Gasteiger partial charge < -0.3 is 9.47 Å². The molecule has 9 heteroatoms. The van der Waals surface area contributed by atoms with E-state index in [1.54, 1.807) is 4.90 Å². The molecule has 1 N–H and O–H groups in total. The molecule has 1 fully saturated rings. The molecule has 0 aliphatic carbocycles. The van der Waals surface area contributed by atoms with E-state index < -0.39 is 26.8 Å². The van der Waals surface area contributed by atoms with Crippen LogP contribution in [0.2, 0.25) is 0 Å². The highest BCUT2D eigenvalue weighted by Crippen LogP contribution is 2.22. The quantitative estimate of drug-likeness (QED) is 0.806. The maximum Gasteiger partial charge on any atom is 0.245 e. The van der Waals surface area contributed by atoms with Crippen LogP contribution in [0.4, 0.5) is 4.39 Å². The number of hydrogen-bond donors (Lipinski definition) is 1. The molecule has 1 aliphatic heterocycles. The summed E-state index contributed by atoms with van der Waals surface area (Å²) in [5.74, 6) is -1.20. The van der Waals surface area contributed by atoms with E-state index in [0.717, 1.165) is 10.8 Å². The monoisotopic (exact) mass is 345 g/mol. The molecule has 7 nitrogen and oxygen atoms in total. The van der Waals surface area contributed by atoms with Crippen LogP contribution in [0.5, 0.6) is 0 Å². The molecule has 128 valence electrons. The lowest BCUT2D eigenvalue weighted by molar-refractivity contribution is -0.130.